The van der Waals surface area contributed by atoms with Gasteiger partial charge in [0.15, 0.2) is 0 Å². The van der Waals surface area contributed by atoms with Crippen LogP contribution in [0.1, 0.15) is 62.4 Å². The Morgan fingerprint density at radius 1 is 0.714 bits per heavy atom. The molecular weight excluding hydrogens is 675 g/mol. The zero-order chi connectivity index (χ0) is 30.9. The van der Waals surface area contributed by atoms with Crippen molar-refractivity contribution in [3.8, 4) is 5.75 Å². The number of ether oxygens (including phenoxy) is 1. The third-order valence-electron chi connectivity index (χ3n) is 8.22. The van der Waals surface area contributed by atoms with E-state index in [0.29, 0.717) is 0 Å². The summed E-state index contributed by atoms with van der Waals surface area (Å²) in [5, 5.41) is 0. The molecule has 3 nitrogen and oxygen atoms in total. The Morgan fingerprint density at radius 3 is 1.60 bits per heavy atom. The molecule has 4 rings (SSSR count). The zero-order valence-electron chi connectivity index (χ0n) is 27.6. The first kappa shape index (κ1) is 32.7. The average molecular weight is 727 g/mol. The maximum absolute atomic E-state index is 6.32. The van der Waals surface area contributed by atoms with E-state index in [-0.39, 0.29) is 12.5 Å². The molecule has 0 spiro atoms. The second-order valence-corrected chi connectivity index (χ2v) is 17.7. The summed E-state index contributed by atoms with van der Waals surface area (Å²) in [7, 11) is 10.5. The molecule has 0 aromatic heterocycles. The molecule has 1 aliphatic carbocycles. The standard InChI is InChI=1S/C20H27O.2C9H12N.Lu/c1-14-12-16(19(2,3)4)18(21-7)17(13-14)20(5,6)15-10-8-9-11-15;2*1-8-6-4-5-7-9(8)10(2)3;/h8-13H,1-7H3;2*4-7H,1H2,2-3H3;. The summed E-state index contributed by atoms with van der Waals surface area (Å²) in [4.78, 5) is 4.53. The second kappa shape index (κ2) is 12.8. The van der Waals surface area contributed by atoms with Gasteiger partial charge in [0.05, 0.1) is 0 Å². The topological polar surface area (TPSA) is 15.7 Å². The van der Waals surface area contributed by atoms with Gasteiger partial charge in [-0.3, -0.25) is 0 Å². The Balaban J connectivity index is 1.97. The first-order valence-electron chi connectivity index (χ1n) is 14.7. The summed E-state index contributed by atoms with van der Waals surface area (Å²) in [6.07, 6.45) is 9.63. The Morgan fingerprint density at radius 2 is 1.17 bits per heavy atom. The number of benzene rings is 3. The fourth-order valence-electron chi connectivity index (χ4n) is 5.86. The molecule has 0 amide bonds. The maximum atomic E-state index is 6.32. The molecular formula is C38H51LuN2O. The Bertz CT molecular complexity index is 1390. The molecule has 0 heterocycles. The third-order valence-corrected chi connectivity index (χ3v) is 14.4. The number of para-hydroxylation sites is 2. The molecule has 1 aliphatic rings. The average Bonchev–Trinajstić information content (AvgIpc) is 3.44. The Labute approximate surface area is 268 Å². The van der Waals surface area contributed by atoms with E-state index in [0.717, 1.165) is 11.0 Å². The van der Waals surface area contributed by atoms with Crippen LogP contribution in [0, 0.1) is 38.0 Å². The van der Waals surface area contributed by atoms with Crippen LogP contribution >= 0.6 is 0 Å². The van der Waals surface area contributed by atoms with E-state index < -0.39 is 31.1 Å². The van der Waals surface area contributed by atoms with Crippen molar-refractivity contribution >= 4 is 11.4 Å². The van der Waals surface area contributed by atoms with Crippen LogP contribution < -0.4 is 14.5 Å². The molecule has 0 bridgehead atoms. The van der Waals surface area contributed by atoms with Crippen molar-refractivity contribution in [2.75, 3.05) is 45.1 Å². The van der Waals surface area contributed by atoms with Gasteiger partial charge in [-0.05, 0) is 0 Å². The first-order chi connectivity index (χ1) is 19.7. The van der Waals surface area contributed by atoms with Gasteiger partial charge in [-0.25, -0.2) is 0 Å². The molecule has 0 saturated heterocycles. The number of aryl methyl sites for hydroxylation is 1. The summed E-state index contributed by atoms with van der Waals surface area (Å²) in [6.45, 7) is 14.0. The van der Waals surface area contributed by atoms with Crippen molar-refractivity contribution in [1.82, 2.24) is 0 Å². The van der Waals surface area contributed by atoms with Crippen LogP contribution in [0.2, 0.25) is 1.64 Å². The van der Waals surface area contributed by atoms with Crippen LogP contribution in [-0.4, -0.2) is 35.3 Å². The van der Waals surface area contributed by atoms with Crippen molar-refractivity contribution in [2.45, 2.75) is 59.3 Å². The Kier molecular flexibility index (Phi) is 9.95. The van der Waals surface area contributed by atoms with E-state index in [1.165, 1.54) is 39.2 Å². The minimum atomic E-state index is -1.30. The molecule has 3 aromatic carbocycles. The second-order valence-electron chi connectivity index (χ2n) is 13.2. The number of hydrogen-bond acceptors (Lipinski definition) is 3. The number of methoxy groups -OCH3 is 1. The van der Waals surface area contributed by atoms with Gasteiger partial charge in [0.1, 0.15) is 0 Å². The van der Waals surface area contributed by atoms with Crippen LogP contribution in [-0.2, 0) is 16.1 Å². The van der Waals surface area contributed by atoms with E-state index >= 15 is 0 Å². The van der Waals surface area contributed by atoms with E-state index in [9.17, 15) is 0 Å². The number of nitrogens with zero attached hydrogens (tertiary/aromatic N) is 2. The fourth-order valence-corrected chi connectivity index (χ4v) is 12.3. The quantitative estimate of drug-likeness (QED) is 0.208. The summed E-state index contributed by atoms with van der Waals surface area (Å²) in [5.41, 5.74) is 9.11. The van der Waals surface area contributed by atoms with Crippen molar-refractivity contribution < 1.29 is 35.9 Å². The van der Waals surface area contributed by atoms with Crippen LogP contribution in [0.4, 0.5) is 11.4 Å². The van der Waals surface area contributed by atoms with E-state index in [1.54, 1.807) is 0 Å². The van der Waals surface area contributed by atoms with E-state index in [2.05, 4.69) is 165 Å². The van der Waals surface area contributed by atoms with Gasteiger partial charge in [0, 0.05) is 0 Å². The minimum absolute atomic E-state index is 0.0272. The van der Waals surface area contributed by atoms with E-state index in [1.807, 2.05) is 7.11 Å². The molecule has 0 aliphatic heterocycles. The summed E-state index contributed by atoms with van der Waals surface area (Å²) >= 11 is -1.30. The number of hydrogen-bond donors (Lipinski definition) is 0. The molecule has 4 heteroatoms. The van der Waals surface area contributed by atoms with Gasteiger partial charge in [-0.15, -0.1) is 0 Å². The summed E-state index contributed by atoms with van der Waals surface area (Å²) in [6, 6.07) is 22.6. The van der Waals surface area contributed by atoms with E-state index in [4.69, 9.17) is 4.74 Å². The molecule has 0 saturated carbocycles. The van der Waals surface area contributed by atoms with Crippen molar-refractivity contribution in [3.05, 3.63) is 113 Å². The predicted octanol–water partition coefficient (Wildman–Crippen LogP) is 9.02. The molecule has 0 unspecified atom stereocenters. The van der Waals surface area contributed by atoms with Crippen LogP contribution in [0.5, 0.6) is 5.75 Å². The fraction of sp³-hybridized carbons (Fsp3) is 0.421. The van der Waals surface area contributed by atoms with Gasteiger partial charge in [0.2, 0.25) is 0 Å². The van der Waals surface area contributed by atoms with Gasteiger partial charge in [-0.2, -0.15) is 0 Å². The zero-order valence-corrected chi connectivity index (χ0v) is 29.2. The molecule has 234 valence electrons. The number of rotatable bonds is 10. The molecule has 0 radical (unpaired) electrons. The molecule has 3 aromatic rings. The first-order valence-corrected chi connectivity index (χ1v) is 17.9. The number of allylic oxidation sites excluding steroid dienone is 4. The van der Waals surface area contributed by atoms with Crippen molar-refractivity contribution in [2.24, 2.45) is 0 Å². The molecule has 42 heavy (non-hydrogen) atoms. The molecule has 0 fully saturated rings. The molecule has 0 atom stereocenters. The van der Waals surface area contributed by atoms with Gasteiger partial charge < -0.3 is 0 Å². The van der Waals surface area contributed by atoms with Gasteiger partial charge in [-0.1, -0.05) is 0 Å². The van der Waals surface area contributed by atoms with Gasteiger partial charge >= 0.3 is 270 Å². The Hall–Kier alpha value is -2.23. The van der Waals surface area contributed by atoms with Crippen LogP contribution in [0.25, 0.3) is 0 Å². The number of anilines is 2. The van der Waals surface area contributed by atoms with Crippen molar-refractivity contribution in [3.63, 3.8) is 0 Å². The summed E-state index contributed by atoms with van der Waals surface area (Å²) < 4.78 is 8.31. The van der Waals surface area contributed by atoms with Crippen LogP contribution in [0.15, 0.2) is 85.0 Å². The SMILES string of the molecule is COc1c(C(C)(C)C)cc(C)cc1C(C)(C)[C]1([Lu]([CH2]c2ccccc2N(C)C)[CH2]c2ccccc2N(C)C)C=CC=C1. The summed E-state index contributed by atoms with van der Waals surface area (Å²) in [5.74, 6) is 1.04. The van der Waals surface area contributed by atoms with Crippen molar-refractivity contribution in [1.29, 1.82) is 0 Å². The van der Waals surface area contributed by atoms with Gasteiger partial charge in [0.25, 0.3) is 0 Å². The predicted molar refractivity (Wildman–Crippen MR) is 179 cm³/mol. The monoisotopic (exact) mass is 726 g/mol. The normalized spacial score (nSPS) is 14.7. The molecule has 0 N–H and O–H groups in total. The van der Waals surface area contributed by atoms with Crippen LogP contribution in [0.3, 0.4) is 0 Å². The third kappa shape index (κ3) is 6.34.